The minimum atomic E-state index is -0.523. The molecule has 2 rings (SSSR count). The van der Waals surface area contributed by atoms with Gasteiger partial charge in [-0.2, -0.15) is 5.10 Å². The Bertz CT molecular complexity index is 530. The van der Waals surface area contributed by atoms with E-state index in [0.717, 1.165) is 22.8 Å². The molecule has 96 valence electrons. The van der Waals surface area contributed by atoms with Gasteiger partial charge in [0.25, 0.3) is 0 Å². The van der Waals surface area contributed by atoms with Gasteiger partial charge in [0.05, 0.1) is 18.2 Å². The third kappa shape index (κ3) is 2.68. The molecule has 0 aliphatic heterocycles. The van der Waals surface area contributed by atoms with Crippen LogP contribution < -0.4 is 5.73 Å². The minimum Gasteiger partial charge on any atom is -0.317 e. The highest BCUT2D eigenvalue weighted by Crippen LogP contribution is 2.19. The van der Waals surface area contributed by atoms with Crippen molar-refractivity contribution in [3.63, 3.8) is 0 Å². The molecule has 2 aromatic heterocycles. The molecule has 2 N–H and O–H groups in total. The second kappa shape index (κ2) is 5.46. The lowest BCUT2D eigenvalue weighted by Gasteiger charge is -2.09. The number of carbonyl (C=O) groups excluding carboxylic acids is 1. The molecular weight excluding hydrogens is 246 g/mol. The molecule has 0 saturated heterocycles. The summed E-state index contributed by atoms with van der Waals surface area (Å²) in [5.74, 6) is 0.0343. The third-order valence-corrected chi connectivity index (χ3v) is 3.79. The van der Waals surface area contributed by atoms with Gasteiger partial charge in [-0.15, -0.1) is 11.3 Å². The molecule has 0 aromatic carbocycles. The van der Waals surface area contributed by atoms with Crippen LogP contribution in [0.1, 0.15) is 29.2 Å². The van der Waals surface area contributed by atoms with Gasteiger partial charge in [0.2, 0.25) is 0 Å². The lowest BCUT2D eigenvalue weighted by Crippen LogP contribution is -2.23. The van der Waals surface area contributed by atoms with Crippen LogP contribution in [0.5, 0.6) is 0 Å². The quantitative estimate of drug-likeness (QED) is 0.898. The van der Waals surface area contributed by atoms with Crippen LogP contribution >= 0.6 is 11.3 Å². The van der Waals surface area contributed by atoms with E-state index in [2.05, 4.69) is 5.10 Å². The molecule has 1 atom stereocenters. The lowest BCUT2D eigenvalue weighted by atomic mass is 10.1. The van der Waals surface area contributed by atoms with E-state index < -0.39 is 6.04 Å². The fourth-order valence-electron chi connectivity index (χ4n) is 1.93. The smallest absolute Gasteiger partial charge is 0.160 e. The molecule has 0 fully saturated rings. The number of aromatic nitrogens is 2. The summed E-state index contributed by atoms with van der Waals surface area (Å²) in [6.45, 7) is 4.71. The summed E-state index contributed by atoms with van der Waals surface area (Å²) in [4.78, 5) is 13.0. The first-order chi connectivity index (χ1) is 8.61. The summed E-state index contributed by atoms with van der Waals surface area (Å²) in [7, 11) is 0. The van der Waals surface area contributed by atoms with Crippen LogP contribution in [-0.2, 0) is 17.8 Å². The van der Waals surface area contributed by atoms with Crippen LogP contribution in [0, 0.1) is 6.92 Å². The summed E-state index contributed by atoms with van der Waals surface area (Å²) < 4.78 is 1.86. The summed E-state index contributed by atoms with van der Waals surface area (Å²) in [6, 6.07) is 5.23. The molecule has 0 saturated carbocycles. The Morgan fingerprint density at radius 1 is 1.61 bits per heavy atom. The van der Waals surface area contributed by atoms with Gasteiger partial charge < -0.3 is 5.73 Å². The van der Waals surface area contributed by atoms with Gasteiger partial charge in [-0.25, -0.2) is 0 Å². The maximum atomic E-state index is 12.1. The number of ketones is 1. The lowest BCUT2D eigenvalue weighted by molar-refractivity contribution is -0.119. The Kier molecular flexibility index (Phi) is 3.93. The molecule has 0 spiro atoms. The molecule has 18 heavy (non-hydrogen) atoms. The monoisotopic (exact) mass is 263 g/mol. The molecule has 0 amide bonds. The van der Waals surface area contributed by atoms with Crippen molar-refractivity contribution in [2.45, 2.75) is 32.9 Å². The van der Waals surface area contributed by atoms with Gasteiger partial charge in [0.15, 0.2) is 5.78 Å². The molecule has 0 aliphatic carbocycles. The molecule has 0 bridgehead atoms. The molecule has 5 heteroatoms. The Hall–Kier alpha value is -1.46. The van der Waals surface area contributed by atoms with Crippen molar-refractivity contribution < 1.29 is 4.79 Å². The molecule has 2 aromatic rings. The van der Waals surface area contributed by atoms with Crippen molar-refractivity contribution in [2.75, 3.05) is 0 Å². The van der Waals surface area contributed by atoms with Gasteiger partial charge >= 0.3 is 0 Å². The van der Waals surface area contributed by atoms with Gasteiger partial charge in [0, 0.05) is 17.1 Å². The SMILES string of the molecule is CCn1nc(C)cc1CC(=O)C(N)c1cccs1. The summed E-state index contributed by atoms with van der Waals surface area (Å²) in [5.41, 5.74) is 7.83. The highest BCUT2D eigenvalue weighted by Gasteiger charge is 2.18. The predicted molar refractivity (Wildman–Crippen MR) is 72.6 cm³/mol. The number of nitrogens with two attached hydrogens (primary N) is 1. The summed E-state index contributed by atoms with van der Waals surface area (Å²) in [5, 5.41) is 6.26. The molecule has 0 radical (unpaired) electrons. The van der Waals surface area contributed by atoms with Gasteiger partial charge in [-0.3, -0.25) is 9.48 Å². The molecule has 4 nitrogen and oxygen atoms in total. The number of aryl methyl sites for hydroxylation is 2. The van der Waals surface area contributed by atoms with Gasteiger partial charge in [-0.05, 0) is 31.4 Å². The third-order valence-electron chi connectivity index (χ3n) is 2.84. The van der Waals surface area contributed by atoms with Crippen LogP contribution in [-0.4, -0.2) is 15.6 Å². The van der Waals surface area contributed by atoms with Crippen LogP contribution in [0.2, 0.25) is 0 Å². The second-order valence-electron chi connectivity index (χ2n) is 4.23. The Labute approximate surface area is 110 Å². The van der Waals surface area contributed by atoms with E-state index >= 15 is 0 Å². The number of carbonyl (C=O) groups is 1. The van der Waals surface area contributed by atoms with E-state index in [4.69, 9.17) is 5.73 Å². The van der Waals surface area contributed by atoms with Crippen molar-refractivity contribution in [2.24, 2.45) is 5.73 Å². The number of nitrogens with zero attached hydrogens (tertiary/aromatic N) is 2. The average Bonchev–Trinajstić information content (AvgIpc) is 2.97. The average molecular weight is 263 g/mol. The maximum Gasteiger partial charge on any atom is 0.160 e. The zero-order chi connectivity index (χ0) is 13.1. The first kappa shape index (κ1) is 13.0. The van der Waals surface area contributed by atoms with Crippen molar-refractivity contribution in [1.82, 2.24) is 9.78 Å². The number of hydrogen-bond acceptors (Lipinski definition) is 4. The summed E-state index contributed by atoms with van der Waals surface area (Å²) >= 11 is 1.52. The van der Waals surface area contributed by atoms with E-state index in [1.54, 1.807) is 0 Å². The van der Waals surface area contributed by atoms with Crippen LogP contribution in [0.4, 0.5) is 0 Å². The maximum absolute atomic E-state index is 12.1. The molecule has 0 aliphatic rings. The zero-order valence-corrected chi connectivity index (χ0v) is 11.4. The zero-order valence-electron chi connectivity index (χ0n) is 10.6. The van der Waals surface area contributed by atoms with E-state index in [-0.39, 0.29) is 5.78 Å². The Morgan fingerprint density at radius 2 is 2.39 bits per heavy atom. The first-order valence-corrected chi connectivity index (χ1v) is 6.84. The minimum absolute atomic E-state index is 0.0343. The van der Waals surface area contributed by atoms with Crippen molar-refractivity contribution >= 4 is 17.1 Å². The van der Waals surface area contributed by atoms with E-state index in [9.17, 15) is 4.79 Å². The van der Waals surface area contributed by atoms with Crippen molar-refractivity contribution in [1.29, 1.82) is 0 Å². The normalized spacial score (nSPS) is 12.6. The predicted octanol–water partition coefficient (Wildman–Crippen LogP) is 2.08. The van der Waals surface area contributed by atoms with Gasteiger partial charge in [0.1, 0.15) is 0 Å². The molecule has 1 unspecified atom stereocenters. The van der Waals surface area contributed by atoms with Crippen LogP contribution in [0.15, 0.2) is 23.6 Å². The van der Waals surface area contributed by atoms with Crippen molar-refractivity contribution in [3.05, 3.63) is 39.8 Å². The van der Waals surface area contributed by atoms with E-state index in [1.807, 2.05) is 42.1 Å². The Morgan fingerprint density at radius 3 is 3.00 bits per heavy atom. The molecule has 2 heterocycles. The second-order valence-corrected chi connectivity index (χ2v) is 5.21. The fraction of sp³-hybridized carbons (Fsp3) is 0.385. The Balaban J connectivity index is 2.11. The molecular formula is C13H17N3OS. The van der Waals surface area contributed by atoms with Crippen molar-refractivity contribution in [3.8, 4) is 0 Å². The standard InChI is InChI=1S/C13H17N3OS/c1-3-16-10(7-9(2)15-16)8-11(17)13(14)12-5-4-6-18-12/h4-7,13H,3,8,14H2,1-2H3. The largest absolute Gasteiger partial charge is 0.317 e. The highest BCUT2D eigenvalue weighted by atomic mass is 32.1. The fourth-order valence-corrected chi connectivity index (χ4v) is 2.68. The van der Waals surface area contributed by atoms with Crippen LogP contribution in [0.25, 0.3) is 0 Å². The van der Waals surface area contributed by atoms with E-state index in [0.29, 0.717) is 6.42 Å². The topological polar surface area (TPSA) is 60.9 Å². The first-order valence-electron chi connectivity index (χ1n) is 5.96. The summed E-state index contributed by atoms with van der Waals surface area (Å²) in [6.07, 6.45) is 0.341. The number of rotatable bonds is 5. The van der Waals surface area contributed by atoms with Gasteiger partial charge in [-0.1, -0.05) is 6.07 Å². The number of Topliss-reactive ketones (excluding diaryl/α,β-unsaturated/α-hetero) is 1. The highest BCUT2D eigenvalue weighted by molar-refractivity contribution is 7.10. The van der Waals surface area contributed by atoms with E-state index in [1.165, 1.54) is 11.3 Å². The van der Waals surface area contributed by atoms with Crippen LogP contribution in [0.3, 0.4) is 0 Å². The number of hydrogen-bond donors (Lipinski definition) is 1. The number of thiophene rings is 1.